The predicted molar refractivity (Wildman–Crippen MR) is 81.2 cm³/mol. The average molecular weight is 269 g/mol. The van der Waals surface area contributed by atoms with Gasteiger partial charge in [-0.1, -0.05) is 12.5 Å². The summed E-state index contributed by atoms with van der Waals surface area (Å²) in [6, 6.07) is 8.93. The average Bonchev–Trinajstić information content (AvgIpc) is 2.82. The fourth-order valence-electron chi connectivity index (χ4n) is 3.80. The molecule has 3 nitrogen and oxygen atoms in total. The Morgan fingerprint density at radius 3 is 2.65 bits per heavy atom. The fourth-order valence-corrected chi connectivity index (χ4v) is 3.80. The van der Waals surface area contributed by atoms with Crippen molar-refractivity contribution in [3.05, 3.63) is 30.0 Å². The van der Waals surface area contributed by atoms with E-state index in [1.54, 1.807) is 7.11 Å². The van der Waals surface area contributed by atoms with Crippen LogP contribution in [-0.2, 0) is 0 Å². The first-order valence-corrected chi connectivity index (χ1v) is 7.37. The van der Waals surface area contributed by atoms with Crippen molar-refractivity contribution < 1.29 is 4.74 Å². The van der Waals surface area contributed by atoms with E-state index in [1.165, 1.54) is 37.8 Å². The highest BCUT2D eigenvalue weighted by Gasteiger charge is 2.44. The van der Waals surface area contributed by atoms with Crippen molar-refractivity contribution in [2.45, 2.75) is 38.1 Å². The van der Waals surface area contributed by atoms with Gasteiger partial charge in [0.15, 0.2) is 11.4 Å². The third-order valence-corrected chi connectivity index (χ3v) is 4.84. The number of quaternary nitrogens is 1. The van der Waals surface area contributed by atoms with E-state index in [2.05, 4.69) is 19.3 Å². The van der Waals surface area contributed by atoms with Crippen molar-refractivity contribution in [2.75, 3.05) is 14.2 Å². The number of rotatable bonds is 2. The number of fused-ring (bicyclic) bond motifs is 1. The van der Waals surface area contributed by atoms with Gasteiger partial charge in [0.2, 0.25) is 0 Å². The molecule has 1 aliphatic heterocycles. The second kappa shape index (κ2) is 4.96. The van der Waals surface area contributed by atoms with Gasteiger partial charge in [0.05, 0.1) is 25.8 Å². The van der Waals surface area contributed by atoms with Crippen LogP contribution >= 0.6 is 0 Å². The van der Waals surface area contributed by atoms with Gasteiger partial charge in [0.25, 0.3) is 0 Å². The molecular weight excluding hydrogens is 248 g/mol. The van der Waals surface area contributed by atoms with Crippen molar-refractivity contribution >= 4 is 11.3 Å². The molecule has 1 aliphatic carbocycles. The van der Waals surface area contributed by atoms with Gasteiger partial charge in [-0.05, 0) is 25.0 Å². The third-order valence-electron chi connectivity index (χ3n) is 4.84. The van der Waals surface area contributed by atoms with E-state index >= 15 is 0 Å². The van der Waals surface area contributed by atoms with Crippen LogP contribution in [0.5, 0.6) is 5.75 Å². The van der Waals surface area contributed by atoms with Gasteiger partial charge >= 0.3 is 0 Å². The summed E-state index contributed by atoms with van der Waals surface area (Å²) in [4.78, 5) is 0. The number of allylic oxidation sites excluding steroid dienone is 1. The van der Waals surface area contributed by atoms with E-state index < -0.39 is 0 Å². The maximum atomic E-state index is 9.44. The van der Waals surface area contributed by atoms with Gasteiger partial charge < -0.3 is 4.74 Å². The molecule has 0 N–H and O–H groups in total. The molecule has 1 unspecified atom stereocenters. The SMILES string of the molecule is COc1cccc2c1[N+](C)(C1CCCCC1)C=C2C#N. The lowest BCUT2D eigenvalue weighted by molar-refractivity contribution is 0.250. The van der Waals surface area contributed by atoms with Crippen LogP contribution in [0.1, 0.15) is 37.7 Å². The van der Waals surface area contributed by atoms with Crippen LogP contribution in [0, 0.1) is 11.3 Å². The van der Waals surface area contributed by atoms with Crippen molar-refractivity contribution in [3.63, 3.8) is 0 Å². The molecule has 20 heavy (non-hydrogen) atoms. The molecule has 1 saturated carbocycles. The summed E-state index contributed by atoms with van der Waals surface area (Å²) in [7, 11) is 3.94. The van der Waals surface area contributed by atoms with Crippen molar-refractivity contribution in [1.82, 2.24) is 4.48 Å². The van der Waals surface area contributed by atoms with Crippen molar-refractivity contribution in [1.29, 1.82) is 5.26 Å². The minimum Gasteiger partial charge on any atom is -0.491 e. The largest absolute Gasteiger partial charge is 0.491 e. The number of hydrogen-bond acceptors (Lipinski definition) is 2. The van der Waals surface area contributed by atoms with Gasteiger partial charge in [-0.3, -0.25) is 4.48 Å². The van der Waals surface area contributed by atoms with Gasteiger partial charge in [-0.25, -0.2) is 0 Å². The number of benzene rings is 1. The van der Waals surface area contributed by atoms with Gasteiger partial charge in [0, 0.05) is 12.8 Å². The number of ether oxygens (including phenoxy) is 1. The summed E-state index contributed by atoms with van der Waals surface area (Å²) in [5.74, 6) is 0.900. The first kappa shape index (κ1) is 13.2. The zero-order valence-corrected chi connectivity index (χ0v) is 12.2. The van der Waals surface area contributed by atoms with E-state index in [4.69, 9.17) is 4.74 Å². The molecule has 2 aliphatic rings. The number of nitriles is 1. The first-order chi connectivity index (χ1) is 9.70. The van der Waals surface area contributed by atoms with E-state index in [9.17, 15) is 5.26 Å². The quantitative estimate of drug-likeness (QED) is 0.764. The molecule has 0 bridgehead atoms. The highest BCUT2D eigenvalue weighted by atomic mass is 16.5. The molecular formula is C17H21N2O+. The molecule has 0 spiro atoms. The lowest BCUT2D eigenvalue weighted by Gasteiger charge is -2.38. The monoisotopic (exact) mass is 269 g/mol. The Balaban J connectivity index is 2.14. The van der Waals surface area contributed by atoms with Crippen LogP contribution in [0.3, 0.4) is 0 Å². The molecule has 0 aromatic heterocycles. The molecule has 3 rings (SSSR count). The standard InChI is InChI=1S/C17H21N2O/c1-19(14-7-4-3-5-8-14)12-13(11-18)15-9-6-10-16(20-2)17(15)19/h6,9-10,12,14H,3-5,7-8H2,1-2H3/q+1. The third kappa shape index (κ3) is 1.83. The summed E-state index contributed by atoms with van der Waals surface area (Å²) in [6.45, 7) is 0. The second-order valence-electron chi connectivity index (χ2n) is 5.95. The fraction of sp³-hybridized carbons (Fsp3) is 0.471. The van der Waals surface area contributed by atoms with E-state index in [1.807, 2.05) is 18.2 Å². The van der Waals surface area contributed by atoms with E-state index in [-0.39, 0.29) is 0 Å². The Bertz CT molecular complexity index is 593. The molecule has 1 atom stereocenters. The van der Waals surface area contributed by atoms with Crippen molar-refractivity contribution in [3.8, 4) is 11.8 Å². The Morgan fingerprint density at radius 1 is 1.25 bits per heavy atom. The minimum absolute atomic E-state index is 0.560. The maximum absolute atomic E-state index is 9.44. The maximum Gasteiger partial charge on any atom is 0.188 e. The molecule has 0 saturated heterocycles. The molecule has 0 radical (unpaired) electrons. The summed E-state index contributed by atoms with van der Waals surface area (Å²) in [6.07, 6.45) is 8.50. The molecule has 1 heterocycles. The van der Waals surface area contributed by atoms with Gasteiger partial charge in [0.1, 0.15) is 17.8 Å². The zero-order valence-electron chi connectivity index (χ0n) is 12.2. The van der Waals surface area contributed by atoms with E-state index in [0.717, 1.165) is 21.4 Å². The van der Waals surface area contributed by atoms with Crippen LogP contribution in [0.15, 0.2) is 24.4 Å². The lowest BCUT2D eigenvalue weighted by atomic mass is 9.92. The lowest BCUT2D eigenvalue weighted by Crippen LogP contribution is -2.48. The Kier molecular flexibility index (Phi) is 3.27. The Labute approximate surface area is 120 Å². The highest BCUT2D eigenvalue weighted by molar-refractivity contribution is 5.91. The summed E-state index contributed by atoms with van der Waals surface area (Å²) in [5, 5.41) is 9.44. The van der Waals surface area contributed by atoms with E-state index in [0.29, 0.717) is 6.04 Å². The highest BCUT2D eigenvalue weighted by Crippen LogP contribution is 2.48. The molecule has 3 heteroatoms. The van der Waals surface area contributed by atoms with Crippen LogP contribution < -0.4 is 9.22 Å². The number of nitrogens with zero attached hydrogens (tertiary/aromatic N) is 2. The second-order valence-corrected chi connectivity index (χ2v) is 5.95. The Hall–Kier alpha value is -1.79. The first-order valence-electron chi connectivity index (χ1n) is 7.37. The number of methoxy groups -OCH3 is 1. The van der Waals surface area contributed by atoms with Crippen LogP contribution in [-0.4, -0.2) is 20.2 Å². The van der Waals surface area contributed by atoms with Crippen LogP contribution in [0.2, 0.25) is 0 Å². The molecule has 104 valence electrons. The van der Waals surface area contributed by atoms with Crippen molar-refractivity contribution in [2.24, 2.45) is 0 Å². The molecule has 1 fully saturated rings. The predicted octanol–water partition coefficient (Wildman–Crippen LogP) is 3.84. The number of para-hydroxylation sites is 1. The smallest absolute Gasteiger partial charge is 0.188 e. The number of hydrogen-bond donors (Lipinski definition) is 0. The van der Waals surface area contributed by atoms with Gasteiger partial charge in [-0.2, -0.15) is 5.26 Å². The van der Waals surface area contributed by atoms with Crippen LogP contribution in [0.25, 0.3) is 5.57 Å². The normalized spacial score (nSPS) is 25.8. The summed E-state index contributed by atoms with van der Waals surface area (Å²) < 4.78 is 6.30. The summed E-state index contributed by atoms with van der Waals surface area (Å²) in [5.41, 5.74) is 2.99. The summed E-state index contributed by atoms with van der Waals surface area (Å²) >= 11 is 0. The minimum atomic E-state index is 0.560. The molecule has 0 amide bonds. The van der Waals surface area contributed by atoms with Crippen LogP contribution in [0.4, 0.5) is 5.69 Å². The van der Waals surface area contributed by atoms with Gasteiger partial charge in [-0.15, -0.1) is 0 Å². The zero-order chi connectivity index (χ0) is 14.2. The molecule has 1 aromatic rings. The molecule has 1 aromatic carbocycles. The topological polar surface area (TPSA) is 33.0 Å². The Morgan fingerprint density at radius 2 is 2.00 bits per heavy atom.